The first-order chi connectivity index (χ1) is 8.16. The predicted octanol–water partition coefficient (Wildman–Crippen LogP) is 2.11. The molecule has 3 N–H and O–H groups in total. The van der Waals surface area contributed by atoms with Gasteiger partial charge in [-0.2, -0.15) is 5.10 Å². The van der Waals surface area contributed by atoms with Gasteiger partial charge in [0, 0.05) is 36.0 Å². The van der Waals surface area contributed by atoms with Gasteiger partial charge >= 0.3 is 0 Å². The topological polar surface area (TPSA) is 60.9 Å². The molecule has 0 aliphatic heterocycles. The molecule has 2 rings (SSSR count). The highest BCUT2D eigenvalue weighted by molar-refractivity contribution is 5.29. The van der Waals surface area contributed by atoms with E-state index in [1.165, 1.54) is 6.07 Å². The summed E-state index contributed by atoms with van der Waals surface area (Å²) in [5, 5.41) is 18.9. The molecule has 1 heterocycles. The van der Waals surface area contributed by atoms with Crippen molar-refractivity contribution in [3.8, 4) is 5.75 Å². The van der Waals surface area contributed by atoms with Gasteiger partial charge in [-0.25, -0.2) is 4.39 Å². The molecule has 1 aromatic carbocycles. The maximum absolute atomic E-state index is 13.5. The number of hydrogen-bond donors (Lipinski definition) is 3. The molecule has 0 spiro atoms. The van der Waals surface area contributed by atoms with Crippen LogP contribution >= 0.6 is 0 Å². The fraction of sp³-hybridized carbons (Fsp3) is 0.250. The van der Waals surface area contributed by atoms with Crippen molar-refractivity contribution in [2.45, 2.75) is 19.5 Å². The molecule has 0 aliphatic rings. The molecule has 1 unspecified atom stereocenters. The lowest BCUT2D eigenvalue weighted by atomic mass is 10.1. The molecule has 1 aromatic heterocycles. The van der Waals surface area contributed by atoms with Crippen LogP contribution in [0.1, 0.15) is 24.1 Å². The van der Waals surface area contributed by atoms with Crippen molar-refractivity contribution >= 4 is 0 Å². The van der Waals surface area contributed by atoms with Crippen LogP contribution in [-0.4, -0.2) is 15.3 Å². The minimum Gasteiger partial charge on any atom is -0.508 e. The lowest BCUT2D eigenvalue weighted by Crippen LogP contribution is -2.18. The number of aromatic nitrogens is 2. The molecule has 90 valence electrons. The van der Waals surface area contributed by atoms with E-state index in [0.29, 0.717) is 12.1 Å². The summed E-state index contributed by atoms with van der Waals surface area (Å²) in [6.45, 7) is 2.48. The van der Waals surface area contributed by atoms with Crippen molar-refractivity contribution < 1.29 is 9.50 Å². The molecule has 1 atom stereocenters. The Morgan fingerprint density at radius 1 is 1.53 bits per heavy atom. The van der Waals surface area contributed by atoms with Crippen LogP contribution in [0, 0.1) is 5.82 Å². The van der Waals surface area contributed by atoms with Crippen LogP contribution < -0.4 is 5.32 Å². The Morgan fingerprint density at radius 3 is 3.00 bits per heavy atom. The van der Waals surface area contributed by atoms with Crippen LogP contribution in [0.3, 0.4) is 0 Å². The fourth-order valence-corrected chi connectivity index (χ4v) is 1.62. The minimum absolute atomic E-state index is 0.0618. The van der Waals surface area contributed by atoms with Crippen LogP contribution in [-0.2, 0) is 6.54 Å². The lowest BCUT2D eigenvalue weighted by Gasteiger charge is -2.14. The van der Waals surface area contributed by atoms with Gasteiger partial charge in [-0.1, -0.05) is 6.07 Å². The maximum Gasteiger partial charge on any atom is 0.131 e. The number of phenols is 1. The zero-order valence-corrected chi connectivity index (χ0v) is 9.44. The molecule has 0 saturated carbocycles. The molecule has 4 nitrogen and oxygen atoms in total. The number of nitrogens with zero attached hydrogens (tertiary/aromatic N) is 1. The smallest absolute Gasteiger partial charge is 0.131 e. The second kappa shape index (κ2) is 4.97. The number of aromatic amines is 1. The summed E-state index contributed by atoms with van der Waals surface area (Å²) in [7, 11) is 0. The van der Waals surface area contributed by atoms with Gasteiger partial charge in [0.05, 0.1) is 6.20 Å². The normalized spacial score (nSPS) is 12.6. The molecule has 2 aromatic rings. The number of nitrogens with one attached hydrogen (secondary N) is 2. The Kier molecular flexibility index (Phi) is 3.39. The van der Waals surface area contributed by atoms with Gasteiger partial charge in [-0.05, 0) is 13.0 Å². The fourth-order valence-electron chi connectivity index (χ4n) is 1.62. The molecule has 0 radical (unpaired) electrons. The molecule has 0 fully saturated rings. The van der Waals surface area contributed by atoms with Crippen LogP contribution in [0.2, 0.25) is 0 Å². The van der Waals surface area contributed by atoms with Crippen molar-refractivity contribution in [1.29, 1.82) is 0 Å². The first-order valence-corrected chi connectivity index (χ1v) is 5.36. The SMILES string of the molecule is CC(NCc1cn[nH]c1)c1ccc(O)cc1F. The molecule has 0 aliphatic carbocycles. The van der Waals surface area contributed by atoms with E-state index < -0.39 is 5.82 Å². The molecule has 0 saturated heterocycles. The van der Waals surface area contributed by atoms with Gasteiger partial charge < -0.3 is 10.4 Å². The third-order valence-corrected chi connectivity index (χ3v) is 2.62. The molecule has 0 bridgehead atoms. The average molecular weight is 235 g/mol. The largest absolute Gasteiger partial charge is 0.508 e. The Labute approximate surface area is 98.5 Å². The van der Waals surface area contributed by atoms with E-state index in [0.717, 1.165) is 11.6 Å². The van der Waals surface area contributed by atoms with E-state index in [1.807, 2.05) is 6.92 Å². The van der Waals surface area contributed by atoms with Gasteiger partial charge in [0.1, 0.15) is 11.6 Å². The number of halogens is 1. The Bertz CT molecular complexity index is 485. The first-order valence-electron chi connectivity index (χ1n) is 5.36. The van der Waals surface area contributed by atoms with Crippen molar-refractivity contribution in [1.82, 2.24) is 15.5 Å². The number of benzene rings is 1. The van der Waals surface area contributed by atoms with Crippen LogP contribution in [0.4, 0.5) is 4.39 Å². The highest BCUT2D eigenvalue weighted by Crippen LogP contribution is 2.21. The standard InChI is InChI=1S/C12H14FN3O/c1-8(14-5-9-6-15-16-7-9)11-3-2-10(17)4-12(11)13/h2-4,6-8,14,17H,5H2,1H3,(H,15,16). The monoisotopic (exact) mass is 235 g/mol. The van der Waals surface area contributed by atoms with E-state index in [4.69, 9.17) is 5.11 Å². The van der Waals surface area contributed by atoms with E-state index in [-0.39, 0.29) is 11.8 Å². The number of aromatic hydroxyl groups is 1. The number of H-pyrrole nitrogens is 1. The summed E-state index contributed by atoms with van der Waals surface area (Å²) >= 11 is 0. The zero-order chi connectivity index (χ0) is 12.3. The summed E-state index contributed by atoms with van der Waals surface area (Å²) in [4.78, 5) is 0. The first kappa shape index (κ1) is 11.6. The quantitative estimate of drug-likeness (QED) is 0.760. The van der Waals surface area contributed by atoms with Gasteiger partial charge in [-0.3, -0.25) is 5.10 Å². The Balaban J connectivity index is 2.01. The van der Waals surface area contributed by atoms with Gasteiger partial charge in [0.25, 0.3) is 0 Å². The molecular weight excluding hydrogens is 221 g/mol. The lowest BCUT2D eigenvalue weighted by molar-refractivity contribution is 0.463. The summed E-state index contributed by atoms with van der Waals surface area (Å²) in [6, 6.07) is 4.04. The van der Waals surface area contributed by atoms with Gasteiger partial charge in [0.15, 0.2) is 0 Å². The highest BCUT2D eigenvalue weighted by atomic mass is 19.1. The van der Waals surface area contributed by atoms with E-state index in [2.05, 4.69) is 15.5 Å². The van der Waals surface area contributed by atoms with Crippen molar-refractivity contribution in [2.24, 2.45) is 0 Å². The average Bonchev–Trinajstić information content (AvgIpc) is 2.78. The number of rotatable bonds is 4. The highest BCUT2D eigenvalue weighted by Gasteiger charge is 2.11. The van der Waals surface area contributed by atoms with Crippen molar-refractivity contribution in [3.63, 3.8) is 0 Å². The minimum atomic E-state index is -0.405. The molecule has 17 heavy (non-hydrogen) atoms. The second-order valence-corrected chi connectivity index (χ2v) is 3.91. The van der Waals surface area contributed by atoms with Crippen LogP contribution in [0.25, 0.3) is 0 Å². The summed E-state index contributed by atoms with van der Waals surface area (Å²) < 4.78 is 13.5. The van der Waals surface area contributed by atoms with Crippen molar-refractivity contribution in [2.75, 3.05) is 0 Å². The Morgan fingerprint density at radius 2 is 2.35 bits per heavy atom. The number of phenolic OH excluding ortho intramolecular Hbond substituents is 1. The van der Waals surface area contributed by atoms with Crippen LogP contribution in [0.15, 0.2) is 30.6 Å². The maximum atomic E-state index is 13.5. The predicted molar refractivity (Wildman–Crippen MR) is 61.9 cm³/mol. The third kappa shape index (κ3) is 2.82. The summed E-state index contributed by atoms with van der Waals surface area (Å²) in [5.41, 5.74) is 1.54. The molecule has 0 amide bonds. The third-order valence-electron chi connectivity index (χ3n) is 2.62. The zero-order valence-electron chi connectivity index (χ0n) is 9.44. The second-order valence-electron chi connectivity index (χ2n) is 3.91. The van der Waals surface area contributed by atoms with E-state index >= 15 is 0 Å². The Hall–Kier alpha value is -1.88. The van der Waals surface area contributed by atoms with E-state index in [1.54, 1.807) is 18.5 Å². The van der Waals surface area contributed by atoms with Gasteiger partial charge in [-0.15, -0.1) is 0 Å². The molecule has 5 heteroatoms. The van der Waals surface area contributed by atoms with E-state index in [9.17, 15) is 4.39 Å². The van der Waals surface area contributed by atoms with Crippen molar-refractivity contribution in [3.05, 3.63) is 47.5 Å². The summed E-state index contributed by atoms with van der Waals surface area (Å²) in [5.74, 6) is -0.467. The van der Waals surface area contributed by atoms with Crippen LogP contribution in [0.5, 0.6) is 5.75 Å². The van der Waals surface area contributed by atoms with Gasteiger partial charge in [0.2, 0.25) is 0 Å². The number of hydrogen-bond acceptors (Lipinski definition) is 3. The summed E-state index contributed by atoms with van der Waals surface area (Å²) in [6.07, 6.45) is 3.50. The molecular formula is C12H14FN3O.